The Morgan fingerprint density at radius 1 is 1.25 bits per heavy atom. The van der Waals surface area contributed by atoms with Crippen molar-refractivity contribution in [2.75, 3.05) is 6.54 Å². The van der Waals surface area contributed by atoms with Gasteiger partial charge in [-0.1, -0.05) is 24.3 Å². The molecule has 0 unspecified atom stereocenters. The number of aliphatic carboxylic acids is 1. The van der Waals surface area contributed by atoms with Crippen LogP contribution in [-0.2, 0) is 4.79 Å². The minimum Gasteiger partial charge on any atom is -0.505 e. The summed E-state index contributed by atoms with van der Waals surface area (Å²) >= 11 is 0. The Labute approximate surface area is 159 Å². The number of carboxylic acid groups (broad SMARTS) is 1. The zero-order valence-electron chi connectivity index (χ0n) is 14.8. The van der Waals surface area contributed by atoms with Crippen LogP contribution in [0.2, 0.25) is 0 Å². The SMILES string of the molecule is Cc1cccc(Oc2cccc3c(C#N)nc(C(=O)NCC(=O)O)c(O)c23)c1. The zero-order chi connectivity index (χ0) is 20.3. The molecule has 8 heteroatoms. The molecule has 1 heterocycles. The molecule has 8 nitrogen and oxygen atoms in total. The molecule has 3 N–H and O–H groups in total. The van der Waals surface area contributed by atoms with Crippen molar-refractivity contribution in [1.29, 1.82) is 5.26 Å². The lowest BCUT2D eigenvalue weighted by Crippen LogP contribution is -2.30. The average Bonchev–Trinajstić information content (AvgIpc) is 2.66. The molecular formula is C20H15N3O5. The normalized spacial score (nSPS) is 10.3. The number of nitrogens with one attached hydrogen (secondary N) is 1. The van der Waals surface area contributed by atoms with Gasteiger partial charge >= 0.3 is 5.97 Å². The first-order valence-electron chi connectivity index (χ1n) is 8.21. The molecule has 0 aliphatic rings. The largest absolute Gasteiger partial charge is 0.505 e. The number of hydrogen-bond donors (Lipinski definition) is 3. The van der Waals surface area contributed by atoms with Crippen molar-refractivity contribution in [2.45, 2.75) is 6.92 Å². The maximum Gasteiger partial charge on any atom is 0.322 e. The second-order valence-electron chi connectivity index (χ2n) is 5.94. The van der Waals surface area contributed by atoms with Crippen molar-refractivity contribution in [3.8, 4) is 23.3 Å². The number of carbonyl (C=O) groups excluding carboxylic acids is 1. The number of aromatic hydroxyl groups is 1. The van der Waals surface area contributed by atoms with Gasteiger partial charge in [0.05, 0.1) is 5.39 Å². The van der Waals surface area contributed by atoms with Gasteiger partial charge in [0.25, 0.3) is 5.91 Å². The highest BCUT2D eigenvalue weighted by atomic mass is 16.5. The van der Waals surface area contributed by atoms with Crippen LogP contribution in [0.1, 0.15) is 21.7 Å². The minimum atomic E-state index is -1.25. The van der Waals surface area contributed by atoms with Gasteiger partial charge in [-0.2, -0.15) is 5.26 Å². The molecule has 0 aliphatic heterocycles. The number of amides is 1. The molecule has 0 spiro atoms. The van der Waals surface area contributed by atoms with Crippen molar-refractivity contribution in [1.82, 2.24) is 10.3 Å². The first-order chi connectivity index (χ1) is 13.4. The van der Waals surface area contributed by atoms with Gasteiger partial charge in [-0.15, -0.1) is 0 Å². The number of carboxylic acids is 1. The van der Waals surface area contributed by atoms with Crippen LogP contribution in [0.3, 0.4) is 0 Å². The smallest absolute Gasteiger partial charge is 0.322 e. The van der Waals surface area contributed by atoms with Gasteiger partial charge in [0.1, 0.15) is 29.8 Å². The van der Waals surface area contributed by atoms with Gasteiger partial charge in [-0.25, -0.2) is 4.98 Å². The zero-order valence-corrected chi connectivity index (χ0v) is 14.8. The summed E-state index contributed by atoms with van der Waals surface area (Å²) < 4.78 is 5.86. The lowest BCUT2D eigenvalue weighted by molar-refractivity contribution is -0.135. The third kappa shape index (κ3) is 3.68. The van der Waals surface area contributed by atoms with Gasteiger partial charge in [0.15, 0.2) is 11.4 Å². The number of hydrogen-bond acceptors (Lipinski definition) is 6. The first-order valence-corrected chi connectivity index (χ1v) is 8.21. The topological polar surface area (TPSA) is 133 Å². The van der Waals surface area contributed by atoms with Crippen LogP contribution in [0.4, 0.5) is 0 Å². The van der Waals surface area contributed by atoms with Crippen molar-refractivity contribution in [3.63, 3.8) is 0 Å². The monoisotopic (exact) mass is 377 g/mol. The maximum atomic E-state index is 12.2. The molecule has 0 aliphatic carbocycles. The fourth-order valence-corrected chi connectivity index (χ4v) is 2.69. The highest BCUT2D eigenvalue weighted by Gasteiger charge is 2.22. The molecule has 0 saturated carbocycles. The van der Waals surface area contributed by atoms with E-state index in [-0.39, 0.29) is 16.8 Å². The molecule has 2 aromatic carbocycles. The molecular weight excluding hydrogens is 362 g/mol. The molecule has 1 amide bonds. The summed E-state index contributed by atoms with van der Waals surface area (Å²) in [5.41, 5.74) is 0.420. The van der Waals surface area contributed by atoms with Crippen molar-refractivity contribution >= 4 is 22.6 Å². The van der Waals surface area contributed by atoms with Crippen molar-refractivity contribution in [3.05, 3.63) is 59.4 Å². The number of carbonyl (C=O) groups is 2. The molecule has 3 rings (SSSR count). The van der Waals surface area contributed by atoms with Gasteiger partial charge in [-0.05, 0) is 30.7 Å². The van der Waals surface area contributed by atoms with Crippen LogP contribution in [0.25, 0.3) is 10.8 Å². The Morgan fingerprint density at radius 3 is 2.68 bits per heavy atom. The van der Waals surface area contributed by atoms with E-state index in [2.05, 4.69) is 10.3 Å². The summed E-state index contributed by atoms with van der Waals surface area (Å²) in [7, 11) is 0. The Hall–Kier alpha value is -4.12. The number of fused-ring (bicyclic) bond motifs is 1. The number of nitrogens with zero attached hydrogens (tertiary/aromatic N) is 2. The number of aromatic nitrogens is 1. The summed E-state index contributed by atoms with van der Waals surface area (Å²) in [6.45, 7) is 1.25. The third-order valence-corrected chi connectivity index (χ3v) is 3.90. The predicted octanol–water partition coefficient (Wildman–Crippen LogP) is 2.73. The molecule has 1 aromatic heterocycles. The molecule has 0 fully saturated rings. The average molecular weight is 377 g/mol. The summed E-state index contributed by atoms with van der Waals surface area (Å²) in [5, 5.41) is 31.3. The van der Waals surface area contributed by atoms with Gasteiger partial charge in [-0.3, -0.25) is 9.59 Å². The maximum absolute atomic E-state index is 12.2. The standard InChI is InChI=1S/C20H15N3O5/c1-11-4-2-5-12(8-11)28-15-7-3-6-13-14(9-21)23-18(19(26)17(13)15)20(27)22-10-16(24)25/h2-8,26H,10H2,1H3,(H,22,27)(H,24,25). The molecule has 0 radical (unpaired) electrons. The van der Waals surface area contributed by atoms with Crippen molar-refractivity contribution in [2.24, 2.45) is 0 Å². The molecule has 0 atom stereocenters. The second kappa shape index (κ2) is 7.63. The lowest BCUT2D eigenvalue weighted by Gasteiger charge is -2.13. The highest BCUT2D eigenvalue weighted by Crippen LogP contribution is 2.38. The Balaban J connectivity index is 2.15. The molecule has 28 heavy (non-hydrogen) atoms. The molecule has 3 aromatic rings. The van der Waals surface area contributed by atoms with Crippen LogP contribution in [0, 0.1) is 18.3 Å². The van der Waals surface area contributed by atoms with E-state index >= 15 is 0 Å². The fourth-order valence-electron chi connectivity index (χ4n) is 2.69. The first kappa shape index (κ1) is 18.7. The van der Waals surface area contributed by atoms with Crippen LogP contribution >= 0.6 is 0 Å². The Morgan fingerprint density at radius 2 is 2.00 bits per heavy atom. The summed E-state index contributed by atoms with van der Waals surface area (Å²) in [6, 6.07) is 13.9. The number of ether oxygens (including phenoxy) is 1. The van der Waals surface area contributed by atoms with Gasteiger partial charge in [0.2, 0.25) is 0 Å². The number of nitriles is 1. The van der Waals surface area contributed by atoms with E-state index in [4.69, 9.17) is 9.84 Å². The van der Waals surface area contributed by atoms with Gasteiger partial charge in [0, 0.05) is 5.39 Å². The lowest BCUT2D eigenvalue weighted by atomic mass is 10.1. The number of aryl methyl sites for hydroxylation is 1. The minimum absolute atomic E-state index is 0.0945. The number of pyridine rings is 1. The van der Waals surface area contributed by atoms with E-state index in [9.17, 15) is 20.0 Å². The summed E-state index contributed by atoms with van der Waals surface area (Å²) in [4.78, 5) is 26.8. The van der Waals surface area contributed by atoms with E-state index in [1.807, 2.05) is 25.1 Å². The Bertz CT molecular complexity index is 1130. The van der Waals surface area contributed by atoms with E-state index in [0.29, 0.717) is 11.1 Å². The van der Waals surface area contributed by atoms with Crippen LogP contribution in [0.5, 0.6) is 17.2 Å². The molecule has 0 saturated heterocycles. The van der Waals surface area contributed by atoms with Gasteiger partial charge < -0.3 is 20.3 Å². The van der Waals surface area contributed by atoms with Crippen LogP contribution in [0.15, 0.2) is 42.5 Å². The summed E-state index contributed by atoms with van der Waals surface area (Å²) in [6.07, 6.45) is 0. The Kier molecular flexibility index (Phi) is 5.09. The number of benzene rings is 2. The molecule has 140 valence electrons. The van der Waals surface area contributed by atoms with E-state index in [1.54, 1.807) is 30.3 Å². The molecule has 0 bridgehead atoms. The van der Waals surface area contributed by atoms with Crippen molar-refractivity contribution < 1.29 is 24.5 Å². The fraction of sp³-hybridized carbons (Fsp3) is 0.100. The van der Waals surface area contributed by atoms with E-state index in [1.165, 1.54) is 0 Å². The van der Waals surface area contributed by atoms with E-state index in [0.717, 1.165) is 5.56 Å². The summed E-state index contributed by atoms with van der Waals surface area (Å²) in [5.74, 6) is -1.92. The predicted molar refractivity (Wildman–Crippen MR) is 99.3 cm³/mol. The van der Waals surface area contributed by atoms with Crippen LogP contribution < -0.4 is 10.1 Å². The quantitative estimate of drug-likeness (QED) is 0.622. The second-order valence-corrected chi connectivity index (χ2v) is 5.94. The highest BCUT2D eigenvalue weighted by molar-refractivity contribution is 6.05. The van der Waals surface area contributed by atoms with Crippen LogP contribution in [-0.4, -0.2) is 33.6 Å². The number of rotatable bonds is 5. The third-order valence-electron chi connectivity index (χ3n) is 3.90. The van der Waals surface area contributed by atoms with E-state index < -0.39 is 29.9 Å².